The van der Waals surface area contributed by atoms with Gasteiger partial charge in [-0.05, 0) is 57.9 Å². The predicted octanol–water partition coefficient (Wildman–Crippen LogP) is 4.29. The van der Waals surface area contributed by atoms with Crippen LogP contribution in [0.4, 0.5) is 0 Å². The molecule has 2 saturated heterocycles. The lowest BCUT2D eigenvalue weighted by Gasteiger charge is -2.29. The van der Waals surface area contributed by atoms with Gasteiger partial charge in [0.25, 0.3) is 0 Å². The van der Waals surface area contributed by atoms with Crippen LogP contribution in [0.1, 0.15) is 25.7 Å². The molecule has 0 amide bonds. The lowest BCUT2D eigenvalue weighted by molar-refractivity contribution is 0.902. The molecule has 0 spiro atoms. The molecule has 0 saturated carbocycles. The standard InChI is InChI=1S/C14H24P6/c15-11-5-6-12(16)19(11)9-3-1-2-4-10(9)20-13(17)7-8-14(20)18/h1-4,11-14H,5-8,15-18H2/t11-,12-,13-,14-/m0/s1. The lowest BCUT2D eigenvalue weighted by Crippen LogP contribution is -2.26. The second kappa shape index (κ2) is 7.14. The van der Waals surface area contributed by atoms with Crippen molar-refractivity contribution in [1.29, 1.82) is 0 Å². The maximum atomic E-state index is 3.14. The highest BCUT2D eigenvalue weighted by Gasteiger charge is 2.37. The van der Waals surface area contributed by atoms with Gasteiger partial charge in [0.05, 0.1) is 0 Å². The zero-order chi connectivity index (χ0) is 14.3. The van der Waals surface area contributed by atoms with Crippen LogP contribution in [0.25, 0.3) is 0 Å². The van der Waals surface area contributed by atoms with Gasteiger partial charge in [-0.25, -0.2) is 0 Å². The molecule has 0 aliphatic carbocycles. The average Bonchev–Trinajstić information content (AvgIpc) is 2.93. The summed E-state index contributed by atoms with van der Waals surface area (Å²) in [6.45, 7) is 0. The van der Waals surface area contributed by atoms with Crippen molar-refractivity contribution in [2.75, 3.05) is 0 Å². The van der Waals surface area contributed by atoms with Gasteiger partial charge < -0.3 is 0 Å². The van der Waals surface area contributed by atoms with Crippen molar-refractivity contribution < 1.29 is 0 Å². The van der Waals surface area contributed by atoms with Gasteiger partial charge in [0.15, 0.2) is 0 Å². The average molecular weight is 378 g/mol. The van der Waals surface area contributed by atoms with Gasteiger partial charge in [0.2, 0.25) is 0 Å². The van der Waals surface area contributed by atoms with Crippen LogP contribution < -0.4 is 10.6 Å². The van der Waals surface area contributed by atoms with E-state index in [-0.39, 0.29) is 15.8 Å². The third kappa shape index (κ3) is 3.20. The Kier molecular flexibility index (Phi) is 5.94. The summed E-state index contributed by atoms with van der Waals surface area (Å²) in [7, 11) is 12.5. The Bertz CT molecular complexity index is 415. The second-order valence-electron chi connectivity index (χ2n) is 5.73. The summed E-state index contributed by atoms with van der Waals surface area (Å²) in [4.78, 5) is 0. The van der Waals surface area contributed by atoms with Gasteiger partial charge in [-0.3, -0.25) is 0 Å². The summed E-state index contributed by atoms with van der Waals surface area (Å²) in [5.74, 6) is 0. The molecule has 20 heavy (non-hydrogen) atoms. The summed E-state index contributed by atoms with van der Waals surface area (Å²) in [6.07, 6.45) is 5.52. The van der Waals surface area contributed by atoms with Crippen LogP contribution >= 0.6 is 52.8 Å². The van der Waals surface area contributed by atoms with Crippen molar-refractivity contribution in [1.82, 2.24) is 0 Å². The van der Waals surface area contributed by atoms with Gasteiger partial charge in [0.1, 0.15) is 0 Å². The summed E-state index contributed by atoms with van der Waals surface area (Å²) >= 11 is 0. The van der Waals surface area contributed by atoms with E-state index in [1.165, 1.54) is 25.7 Å². The van der Waals surface area contributed by atoms with Crippen LogP contribution in [-0.2, 0) is 0 Å². The van der Waals surface area contributed by atoms with E-state index in [1.807, 2.05) is 0 Å². The molecule has 0 nitrogen and oxygen atoms in total. The molecule has 8 atom stereocenters. The SMILES string of the molecule is P[C@@H]1CC[C@@H](P)P1c1ccccc1P1[C@H](P)CC[C@H]1P. The summed E-state index contributed by atoms with van der Waals surface area (Å²) in [5, 5.41) is 6.70. The fraction of sp³-hybridized carbons (Fsp3) is 0.571. The van der Waals surface area contributed by atoms with E-state index >= 15 is 0 Å². The van der Waals surface area contributed by atoms with Crippen molar-refractivity contribution in [3.63, 3.8) is 0 Å². The molecule has 2 aliphatic rings. The fourth-order valence-electron chi connectivity index (χ4n) is 3.35. The molecule has 2 fully saturated rings. The van der Waals surface area contributed by atoms with Crippen LogP contribution in [0.15, 0.2) is 24.3 Å². The van der Waals surface area contributed by atoms with Crippen LogP contribution in [0.3, 0.4) is 0 Å². The van der Waals surface area contributed by atoms with E-state index in [4.69, 9.17) is 0 Å². The Balaban J connectivity index is 2.00. The first kappa shape index (κ1) is 16.7. The smallest absolute Gasteiger partial charge is 0.00160 e. The highest BCUT2D eigenvalue weighted by Crippen LogP contribution is 2.63. The zero-order valence-electron chi connectivity index (χ0n) is 11.7. The molecule has 1 aromatic carbocycles. The largest absolute Gasteiger partial charge is 0.129 e. The molecule has 0 bridgehead atoms. The normalized spacial score (nSPS) is 35.8. The van der Waals surface area contributed by atoms with Gasteiger partial charge in [0, 0.05) is 0 Å². The first-order chi connectivity index (χ1) is 9.59. The lowest BCUT2D eigenvalue weighted by atomic mass is 10.4. The van der Waals surface area contributed by atoms with Crippen LogP contribution in [0.5, 0.6) is 0 Å². The van der Waals surface area contributed by atoms with Crippen molar-refractivity contribution in [2.24, 2.45) is 0 Å². The van der Waals surface area contributed by atoms with Gasteiger partial charge in [-0.2, -0.15) is 0 Å². The third-order valence-corrected chi connectivity index (χ3v) is 15.5. The Morgan fingerprint density at radius 1 is 0.650 bits per heavy atom. The van der Waals surface area contributed by atoms with Crippen molar-refractivity contribution >= 4 is 63.4 Å². The summed E-state index contributed by atoms with van der Waals surface area (Å²) in [6, 6.07) is 9.40. The second-order valence-corrected chi connectivity index (χ2v) is 16.4. The molecule has 2 heterocycles. The highest BCUT2D eigenvalue weighted by molar-refractivity contribution is 7.82. The molecule has 0 aromatic heterocycles. The molecule has 0 N–H and O–H groups in total. The van der Waals surface area contributed by atoms with Gasteiger partial charge in [-0.1, -0.05) is 40.1 Å². The summed E-state index contributed by atoms with van der Waals surface area (Å²) < 4.78 is 0. The van der Waals surface area contributed by atoms with Crippen LogP contribution in [0.2, 0.25) is 0 Å². The van der Waals surface area contributed by atoms with Gasteiger partial charge >= 0.3 is 0 Å². The minimum absolute atomic E-state index is 0.0141. The van der Waals surface area contributed by atoms with Crippen molar-refractivity contribution in [3.05, 3.63) is 24.3 Å². The maximum Gasteiger partial charge on any atom is -0.00160 e. The monoisotopic (exact) mass is 378 g/mol. The number of hydrogen-bond acceptors (Lipinski definition) is 0. The topological polar surface area (TPSA) is 0 Å². The van der Waals surface area contributed by atoms with E-state index in [0.29, 0.717) is 0 Å². The number of rotatable bonds is 2. The van der Waals surface area contributed by atoms with Crippen molar-refractivity contribution in [2.45, 2.75) is 47.3 Å². The van der Waals surface area contributed by atoms with Crippen molar-refractivity contribution in [3.8, 4) is 0 Å². The first-order valence-electron chi connectivity index (χ1n) is 7.27. The number of benzene rings is 1. The summed E-state index contributed by atoms with van der Waals surface area (Å²) in [5.41, 5.74) is 0. The highest BCUT2D eigenvalue weighted by atomic mass is 31.2. The molecule has 1 aromatic rings. The van der Waals surface area contributed by atoms with E-state index in [2.05, 4.69) is 61.2 Å². The minimum Gasteiger partial charge on any atom is -0.129 e. The molecular weight excluding hydrogens is 354 g/mol. The van der Waals surface area contributed by atoms with E-state index < -0.39 is 0 Å². The molecule has 0 radical (unpaired) electrons. The Labute approximate surface area is 135 Å². The molecular formula is C14H24P6. The maximum absolute atomic E-state index is 3.14. The fourth-order valence-corrected chi connectivity index (χ4v) is 15.9. The third-order valence-electron chi connectivity index (χ3n) is 4.38. The van der Waals surface area contributed by atoms with E-state index in [0.717, 1.165) is 21.6 Å². The predicted molar refractivity (Wildman–Crippen MR) is 112 cm³/mol. The molecule has 3 rings (SSSR count). The molecule has 4 unspecified atom stereocenters. The Morgan fingerprint density at radius 2 is 0.950 bits per heavy atom. The molecule has 2 aliphatic heterocycles. The molecule has 6 heteroatoms. The zero-order valence-corrected chi connectivity index (χ0v) is 18.1. The Hall–Kier alpha value is 1.80. The minimum atomic E-state index is -0.0141. The Morgan fingerprint density at radius 3 is 1.25 bits per heavy atom. The van der Waals surface area contributed by atoms with Crippen LogP contribution in [0, 0.1) is 0 Å². The number of hydrogen-bond donors (Lipinski definition) is 0. The van der Waals surface area contributed by atoms with Gasteiger partial charge in [-0.15, -0.1) is 37.0 Å². The van der Waals surface area contributed by atoms with E-state index in [1.54, 1.807) is 10.6 Å². The van der Waals surface area contributed by atoms with Crippen LogP contribution in [-0.4, -0.2) is 21.6 Å². The van der Waals surface area contributed by atoms with E-state index in [9.17, 15) is 0 Å². The molecule has 110 valence electrons. The quantitative estimate of drug-likeness (QED) is 0.674. The first-order valence-corrected chi connectivity index (χ1v) is 12.9.